The summed E-state index contributed by atoms with van der Waals surface area (Å²) in [5.41, 5.74) is -0.380. The molecule has 0 amide bonds. The standard InChI is InChI=1S/C26H44ClNO5S/c1-26(2,3)33-25(29)17-15-13-11-9-7-5-4-6-8-10-12-14-16-20-32-24-19-18-22(21-23(24)27)34(28,30)31/h18-19,21H,4-17,20H2,1-3H3,(H2,28,30,31). The summed E-state index contributed by atoms with van der Waals surface area (Å²) in [6, 6.07) is 4.27. The van der Waals surface area contributed by atoms with Gasteiger partial charge in [0.25, 0.3) is 0 Å². The van der Waals surface area contributed by atoms with Crippen LogP contribution in [-0.2, 0) is 19.6 Å². The number of unbranched alkanes of at least 4 members (excludes halogenated alkanes) is 12. The number of halogens is 1. The summed E-state index contributed by atoms with van der Waals surface area (Å²) >= 11 is 6.07. The molecule has 0 aliphatic carbocycles. The van der Waals surface area contributed by atoms with E-state index < -0.39 is 10.0 Å². The predicted octanol–water partition coefficient (Wildman–Crippen LogP) is 7.17. The Labute approximate surface area is 212 Å². The summed E-state index contributed by atoms with van der Waals surface area (Å²) in [5.74, 6) is 0.402. The summed E-state index contributed by atoms with van der Waals surface area (Å²) in [7, 11) is -3.75. The molecule has 34 heavy (non-hydrogen) atoms. The lowest BCUT2D eigenvalue weighted by molar-refractivity contribution is -0.154. The molecule has 0 fully saturated rings. The third kappa shape index (κ3) is 15.6. The van der Waals surface area contributed by atoms with Gasteiger partial charge < -0.3 is 9.47 Å². The second kappa shape index (κ2) is 16.4. The first-order valence-corrected chi connectivity index (χ1v) is 14.6. The smallest absolute Gasteiger partial charge is 0.306 e. The highest BCUT2D eigenvalue weighted by Gasteiger charge is 2.15. The number of hydrogen-bond acceptors (Lipinski definition) is 5. The fourth-order valence-electron chi connectivity index (χ4n) is 3.67. The van der Waals surface area contributed by atoms with E-state index in [0.717, 1.165) is 25.7 Å². The van der Waals surface area contributed by atoms with Crippen LogP contribution in [0.25, 0.3) is 0 Å². The van der Waals surface area contributed by atoms with E-state index in [2.05, 4.69) is 0 Å². The molecule has 1 rings (SSSR count). The van der Waals surface area contributed by atoms with Crippen LogP contribution in [0.4, 0.5) is 0 Å². The molecule has 0 saturated heterocycles. The van der Waals surface area contributed by atoms with Crippen LogP contribution < -0.4 is 9.88 Å². The van der Waals surface area contributed by atoms with Crippen molar-refractivity contribution in [2.45, 2.75) is 121 Å². The van der Waals surface area contributed by atoms with Gasteiger partial charge in [-0.15, -0.1) is 0 Å². The van der Waals surface area contributed by atoms with Gasteiger partial charge in [0.05, 0.1) is 16.5 Å². The zero-order valence-electron chi connectivity index (χ0n) is 21.2. The van der Waals surface area contributed by atoms with E-state index >= 15 is 0 Å². The Morgan fingerprint density at radius 1 is 0.853 bits per heavy atom. The van der Waals surface area contributed by atoms with Gasteiger partial charge >= 0.3 is 5.97 Å². The van der Waals surface area contributed by atoms with Crippen molar-refractivity contribution in [1.82, 2.24) is 0 Å². The molecule has 1 aromatic carbocycles. The quantitative estimate of drug-likeness (QED) is 0.164. The van der Waals surface area contributed by atoms with Gasteiger partial charge in [0.2, 0.25) is 10.0 Å². The zero-order valence-corrected chi connectivity index (χ0v) is 22.8. The second-order valence-corrected chi connectivity index (χ2v) is 11.9. The van der Waals surface area contributed by atoms with E-state index in [4.69, 9.17) is 26.2 Å². The number of rotatable bonds is 18. The van der Waals surface area contributed by atoms with Crippen molar-refractivity contribution in [2.75, 3.05) is 6.61 Å². The molecular formula is C26H44ClNO5S. The first kappa shape index (κ1) is 30.7. The van der Waals surface area contributed by atoms with Crippen molar-refractivity contribution < 1.29 is 22.7 Å². The van der Waals surface area contributed by atoms with Crippen LogP contribution in [0.3, 0.4) is 0 Å². The Morgan fingerprint density at radius 3 is 1.76 bits per heavy atom. The van der Waals surface area contributed by atoms with Crippen molar-refractivity contribution in [3.8, 4) is 5.75 Å². The molecule has 2 N–H and O–H groups in total. The van der Waals surface area contributed by atoms with E-state index in [1.165, 1.54) is 69.9 Å². The van der Waals surface area contributed by atoms with Gasteiger partial charge in [0.1, 0.15) is 11.4 Å². The largest absolute Gasteiger partial charge is 0.492 e. The summed E-state index contributed by atoms with van der Waals surface area (Å²) < 4.78 is 33.6. The van der Waals surface area contributed by atoms with Crippen molar-refractivity contribution in [2.24, 2.45) is 5.14 Å². The maximum Gasteiger partial charge on any atom is 0.306 e. The molecule has 8 heteroatoms. The summed E-state index contributed by atoms with van der Waals surface area (Å²) in [6.07, 6.45) is 16.0. The van der Waals surface area contributed by atoms with Crippen LogP contribution in [0.1, 0.15) is 111 Å². The van der Waals surface area contributed by atoms with Gasteiger partial charge in [-0.3, -0.25) is 4.79 Å². The topological polar surface area (TPSA) is 95.7 Å². The molecule has 0 aromatic heterocycles. The van der Waals surface area contributed by atoms with Crippen LogP contribution in [-0.4, -0.2) is 26.6 Å². The monoisotopic (exact) mass is 517 g/mol. The van der Waals surface area contributed by atoms with Gasteiger partial charge in [-0.05, 0) is 51.8 Å². The van der Waals surface area contributed by atoms with E-state index in [1.807, 2.05) is 20.8 Å². The average molecular weight is 518 g/mol. The van der Waals surface area contributed by atoms with Crippen LogP contribution in [0, 0.1) is 0 Å². The van der Waals surface area contributed by atoms with Crippen molar-refractivity contribution in [3.05, 3.63) is 23.2 Å². The SMILES string of the molecule is CC(C)(C)OC(=O)CCCCCCCCCCCCCCCOc1ccc(S(N)(=O)=O)cc1Cl. The molecule has 0 unspecified atom stereocenters. The number of benzene rings is 1. The van der Waals surface area contributed by atoms with E-state index in [-0.39, 0.29) is 21.5 Å². The maximum atomic E-state index is 11.6. The zero-order chi connectivity index (χ0) is 25.5. The Kier molecular flexibility index (Phi) is 14.8. The molecule has 0 heterocycles. The molecule has 0 radical (unpaired) electrons. The van der Waals surface area contributed by atoms with Gasteiger partial charge in [-0.25, -0.2) is 13.6 Å². The highest BCUT2D eigenvalue weighted by atomic mass is 35.5. The fourth-order valence-corrected chi connectivity index (χ4v) is 4.51. The third-order valence-electron chi connectivity index (χ3n) is 5.43. The number of carbonyl (C=O) groups is 1. The van der Waals surface area contributed by atoms with Gasteiger partial charge in [0, 0.05) is 6.42 Å². The second-order valence-electron chi connectivity index (χ2n) is 9.92. The first-order valence-electron chi connectivity index (χ1n) is 12.7. The molecule has 0 bridgehead atoms. The first-order chi connectivity index (χ1) is 16.0. The normalized spacial score (nSPS) is 12.0. The minimum Gasteiger partial charge on any atom is -0.492 e. The number of nitrogens with two attached hydrogens (primary N) is 1. The molecule has 0 atom stereocenters. The minimum absolute atomic E-state index is 0.0138. The van der Waals surface area contributed by atoms with Crippen LogP contribution in [0.15, 0.2) is 23.1 Å². The number of sulfonamides is 1. The number of ether oxygens (including phenoxy) is 2. The molecule has 0 spiro atoms. The number of hydrogen-bond donors (Lipinski definition) is 1. The summed E-state index contributed by atoms with van der Waals surface area (Å²) in [6.45, 7) is 6.28. The maximum absolute atomic E-state index is 11.6. The molecule has 0 aliphatic rings. The van der Waals surface area contributed by atoms with Crippen molar-refractivity contribution in [3.63, 3.8) is 0 Å². The Bertz CT molecular complexity index is 821. The van der Waals surface area contributed by atoms with Gasteiger partial charge in [-0.1, -0.05) is 82.2 Å². The molecule has 0 saturated carbocycles. The molecule has 196 valence electrons. The molecular weight excluding hydrogens is 474 g/mol. The van der Waals surface area contributed by atoms with Crippen LogP contribution >= 0.6 is 11.6 Å². The third-order valence-corrected chi connectivity index (χ3v) is 6.64. The summed E-state index contributed by atoms with van der Waals surface area (Å²) in [4.78, 5) is 11.6. The lowest BCUT2D eigenvalue weighted by Gasteiger charge is -2.19. The van der Waals surface area contributed by atoms with Crippen molar-refractivity contribution >= 4 is 27.6 Å². The minimum atomic E-state index is -3.75. The highest BCUT2D eigenvalue weighted by Crippen LogP contribution is 2.27. The average Bonchev–Trinajstić information content (AvgIpc) is 2.72. The number of carbonyl (C=O) groups excluding carboxylic acids is 1. The van der Waals surface area contributed by atoms with Crippen molar-refractivity contribution in [1.29, 1.82) is 0 Å². The number of esters is 1. The molecule has 1 aromatic rings. The summed E-state index contributed by atoms with van der Waals surface area (Å²) in [5, 5.41) is 5.35. The van der Waals surface area contributed by atoms with Gasteiger partial charge in [0.15, 0.2) is 0 Å². The lowest BCUT2D eigenvalue weighted by atomic mass is 10.0. The Hall–Kier alpha value is -1.31. The molecule has 0 aliphatic heterocycles. The number of primary sulfonamides is 1. The van der Waals surface area contributed by atoms with E-state index in [0.29, 0.717) is 18.8 Å². The predicted molar refractivity (Wildman–Crippen MR) is 139 cm³/mol. The molecule has 6 nitrogen and oxygen atoms in total. The highest BCUT2D eigenvalue weighted by molar-refractivity contribution is 7.89. The Morgan fingerprint density at radius 2 is 1.32 bits per heavy atom. The van der Waals surface area contributed by atoms with E-state index in [9.17, 15) is 13.2 Å². The van der Waals surface area contributed by atoms with Crippen LogP contribution in [0.5, 0.6) is 5.75 Å². The van der Waals surface area contributed by atoms with Crippen LogP contribution in [0.2, 0.25) is 5.02 Å². The Balaban J connectivity index is 1.89. The van der Waals surface area contributed by atoms with Gasteiger partial charge in [-0.2, -0.15) is 0 Å². The fraction of sp³-hybridized carbons (Fsp3) is 0.731. The van der Waals surface area contributed by atoms with E-state index in [1.54, 1.807) is 6.07 Å². The lowest BCUT2D eigenvalue weighted by Crippen LogP contribution is -2.23.